The van der Waals surface area contributed by atoms with E-state index in [0.29, 0.717) is 15.9 Å². The number of nitrogens with one attached hydrogen (secondary N) is 2. The minimum atomic E-state index is 0.0796. The highest BCUT2D eigenvalue weighted by Crippen LogP contribution is 2.34. The first-order chi connectivity index (χ1) is 12.6. The molecule has 0 unspecified atom stereocenters. The van der Waals surface area contributed by atoms with Gasteiger partial charge in [0.2, 0.25) is 0 Å². The van der Waals surface area contributed by atoms with Crippen molar-refractivity contribution in [3.8, 4) is 5.75 Å². The predicted octanol–water partition coefficient (Wildman–Crippen LogP) is 5.58. The average molecular weight is 389 g/mol. The average Bonchev–Trinajstić information content (AvgIpc) is 3.09. The zero-order valence-electron chi connectivity index (χ0n) is 15.1. The maximum Gasteiger partial charge on any atom is 0.171 e. The summed E-state index contributed by atoms with van der Waals surface area (Å²) in [5.74, 6) is 0.659. The summed E-state index contributed by atoms with van der Waals surface area (Å²) in [7, 11) is 1.61. The number of aryl methyl sites for hydroxylation is 1. The van der Waals surface area contributed by atoms with E-state index < -0.39 is 0 Å². The quantitative estimate of drug-likeness (QED) is 0.633. The highest BCUT2D eigenvalue weighted by atomic mass is 35.5. The van der Waals surface area contributed by atoms with Crippen LogP contribution < -0.4 is 15.4 Å². The molecule has 138 valence electrons. The Hall–Kier alpha value is -1.78. The summed E-state index contributed by atoms with van der Waals surface area (Å²) in [6.45, 7) is 0. The van der Waals surface area contributed by atoms with E-state index in [0.717, 1.165) is 31.4 Å². The molecule has 1 aliphatic rings. The van der Waals surface area contributed by atoms with Crippen LogP contribution in [0.25, 0.3) is 0 Å². The monoisotopic (exact) mass is 388 g/mol. The molecule has 2 aromatic carbocycles. The van der Waals surface area contributed by atoms with Gasteiger partial charge in [0, 0.05) is 11.2 Å². The lowest BCUT2D eigenvalue weighted by Gasteiger charge is -2.32. The zero-order chi connectivity index (χ0) is 18.4. The first kappa shape index (κ1) is 19.0. The van der Waals surface area contributed by atoms with Crippen LogP contribution in [0, 0.1) is 0 Å². The molecule has 0 radical (unpaired) electrons. The SMILES string of the molecule is COc1ccc(NC(=S)NC2(CCc3ccccc3)CCCC2)cc1Cl. The van der Waals surface area contributed by atoms with Crippen molar-refractivity contribution in [2.75, 3.05) is 12.4 Å². The van der Waals surface area contributed by atoms with Gasteiger partial charge in [0.25, 0.3) is 0 Å². The van der Waals surface area contributed by atoms with Gasteiger partial charge in [-0.1, -0.05) is 54.8 Å². The van der Waals surface area contributed by atoms with Crippen LogP contribution in [0.3, 0.4) is 0 Å². The van der Waals surface area contributed by atoms with E-state index in [9.17, 15) is 0 Å². The molecule has 2 aromatic rings. The summed E-state index contributed by atoms with van der Waals surface area (Å²) in [6.07, 6.45) is 6.96. The summed E-state index contributed by atoms with van der Waals surface area (Å²) >= 11 is 11.8. The standard InChI is InChI=1S/C21H25ClN2OS/c1-25-19-10-9-17(15-18(19)22)23-20(26)24-21(12-5-6-13-21)14-11-16-7-3-2-4-8-16/h2-4,7-10,15H,5-6,11-14H2,1H3,(H2,23,24,26). The number of anilines is 1. The second kappa shape index (κ2) is 8.74. The molecule has 0 aliphatic heterocycles. The van der Waals surface area contributed by atoms with Crippen LogP contribution >= 0.6 is 23.8 Å². The van der Waals surface area contributed by atoms with E-state index in [4.69, 9.17) is 28.6 Å². The van der Waals surface area contributed by atoms with Crippen molar-refractivity contribution >= 4 is 34.6 Å². The molecule has 0 atom stereocenters. The van der Waals surface area contributed by atoms with Crippen molar-refractivity contribution in [3.05, 3.63) is 59.1 Å². The van der Waals surface area contributed by atoms with E-state index in [1.165, 1.54) is 18.4 Å². The maximum atomic E-state index is 6.20. The third-order valence-corrected chi connectivity index (χ3v) is 5.58. The third kappa shape index (κ3) is 4.89. The number of hydrogen-bond donors (Lipinski definition) is 2. The Balaban J connectivity index is 1.62. The Morgan fingerprint density at radius 2 is 1.88 bits per heavy atom. The third-order valence-electron chi connectivity index (χ3n) is 5.08. The van der Waals surface area contributed by atoms with Crippen LogP contribution in [-0.4, -0.2) is 17.8 Å². The van der Waals surface area contributed by atoms with Gasteiger partial charge in [-0.15, -0.1) is 0 Å². The molecule has 0 bridgehead atoms. The maximum absolute atomic E-state index is 6.20. The summed E-state index contributed by atoms with van der Waals surface area (Å²) in [5.41, 5.74) is 2.32. The Bertz CT molecular complexity index is 745. The molecule has 0 aromatic heterocycles. The Labute approximate surface area is 166 Å². The van der Waals surface area contributed by atoms with Crippen molar-refractivity contribution < 1.29 is 4.74 Å². The molecule has 3 rings (SSSR count). The van der Waals surface area contributed by atoms with Crippen LogP contribution in [0.1, 0.15) is 37.7 Å². The van der Waals surface area contributed by atoms with Crippen molar-refractivity contribution in [3.63, 3.8) is 0 Å². The lowest BCUT2D eigenvalue weighted by Crippen LogP contribution is -2.48. The predicted molar refractivity (Wildman–Crippen MR) is 113 cm³/mol. The van der Waals surface area contributed by atoms with Gasteiger partial charge < -0.3 is 15.4 Å². The number of halogens is 1. The highest BCUT2D eigenvalue weighted by molar-refractivity contribution is 7.80. The molecule has 0 heterocycles. The smallest absolute Gasteiger partial charge is 0.171 e. The van der Waals surface area contributed by atoms with E-state index in [-0.39, 0.29) is 5.54 Å². The number of hydrogen-bond acceptors (Lipinski definition) is 2. The van der Waals surface area contributed by atoms with Crippen molar-refractivity contribution in [2.45, 2.75) is 44.1 Å². The molecular formula is C21H25ClN2OS. The summed E-state index contributed by atoms with van der Waals surface area (Å²) in [6, 6.07) is 16.2. The molecule has 1 aliphatic carbocycles. The van der Waals surface area contributed by atoms with Gasteiger partial charge in [-0.25, -0.2) is 0 Å². The lowest BCUT2D eigenvalue weighted by atomic mass is 9.89. The molecule has 1 saturated carbocycles. The highest BCUT2D eigenvalue weighted by Gasteiger charge is 2.34. The van der Waals surface area contributed by atoms with Crippen molar-refractivity contribution in [1.29, 1.82) is 0 Å². The second-order valence-electron chi connectivity index (χ2n) is 6.90. The van der Waals surface area contributed by atoms with Crippen molar-refractivity contribution in [1.82, 2.24) is 5.32 Å². The van der Waals surface area contributed by atoms with Gasteiger partial charge in [0.1, 0.15) is 5.75 Å². The summed E-state index contributed by atoms with van der Waals surface area (Å²) in [4.78, 5) is 0. The molecule has 1 fully saturated rings. The molecule has 2 N–H and O–H groups in total. The van der Waals surface area contributed by atoms with Gasteiger partial charge in [-0.2, -0.15) is 0 Å². The number of benzene rings is 2. The number of methoxy groups -OCH3 is 1. The largest absolute Gasteiger partial charge is 0.495 e. The molecule has 0 spiro atoms. The lowest BCUT2D eigenvalue weighted by molar-refractivity contribution is 0.362. The number of rotatable bonds is 6. The van der Waals surface area contributed by atoms with E-state index in [1.54, 1.807) is 7.11 Å². The fourth-order valence-corrected chi connectivity index (χ4v) is 4.26. The van der Waals surface area contributed by atoms with Crippen LogP contribution in [0.5, 0.6) is 5.75 Å². The van der Waals surface area contributed by atoms with Gasteiger partial charge in [0.15, 0.2) is 5.11 Å². The topological polar surface area (TPSA) is 33.3 Å². The fraction of sp³-hybridized carbons (Fsp3) is 0.381. The molecule has 5 heteroatoms. The summed E-state index contributed by atoms with van der Waals surface area (Å²) in [5, 5.41) is 8.09. The van der Waals surface area contributed by atoms with E-state index in [1.807, 2.05) is 18.2 Å². The minimum absolute atomic E-state index is 0.0796. The van der Waals surface area contributed by atoms with E-state index in [2.05, 4.69) is 41.0 Å². The van der Waals surface area contributed by atoms with Crippen LogP contribution in [0.15, 0.2) is 48.5 Å². The zero-order valence-corrected chi connectivity index (χ0v) is 16.6. The molecule has 0 amide bonds. The number of ether oxygens (including phenoxy) is 1. The van der Waals surface area contributed by atoms with Gasteiger partial charge >= 0.3 is 0 Å². The Kier molecular flexibility index (Phi) is 6.38. The first-order valence-electron chi connectivity index (χ1n) is 9.07. The van der Waals surface area contributed by atoms with Crippen LogP contribution in [-0.2, 0) is 6.42 Å². The molecule has 3 nitrogen and oxygen atoms in total. The second-order valence-corrected chi connectivity index (χ2v) is 7.72. The normalized spacial score (nSPS) is 15.5. The number of thiocarbonyl (C=S) groups is 1. The summed E-state index contributed by atoms with van der Waals surface area (Å²) < 4.78 is 5.19. The fourth-order valence-electron chi connectivity index (χ4n) is 3.66. The molecular weight excluding hydrogens is 364 g/mol. The Morgan fingerprint density at radius 1 is 1.15 bits per heavy atom. The molecule has 26 heavy (non-hydrogen) atoms. The van der Waals surface area contributed by atoms with Crippen LogP contribution in [0.4, 0.5) is 5.69 Å². The van der Waals surface area contributed by atoms with Crippen LogP contribution in [0.2, 0.25) is 5.02 Å². The Morgan fingerprint density at radius 3 is 2.54 bits per heavy atom. The van der Waals surface area contributed by atoms with Crippen molar-refractivity contribution in [2.24, 2.45) is 0 Å². The van der Waals surface area contributed by atoms with Gasteiger partial charge in [-0.3, -0.25) is 0 Å². The first-order valence-corrected chi connectivity index (χ1v) is 9.85. The van der Waals surface area contributed by atoms with E-state index >= 15 is 0 Å². The minimum Gasteiger partial charge on any atom is -0.495 e. The van der Waals surface area contributed by atoms with Gasteiger partial charge in [-0.05, 0) is 61.7 Å². The molecule has 0 saturated heterocycles. The van der Waals surface area contributed by atoms with Gasteiger partial charge in [0.05, 0.1) is 12.1 Å².